The second-order valence-electron chi connectivity index (χ2n) is 4.88. The molecule has 0 bridgehead atoms. The van der Waals surface area contributed by atoms with Gasteiger partial charge in [0, 0.05) is 11.6 Å². The van der Waals surface area contributed by atoms with E-state index in [1.165, 1.54) is 0 Å². The zero-order valence-corrected chi connectivity index (χ0v) is 11.9. The minimum atomic E-state index is 0.489. The Bertz CT molecular complexity index is 717. The number of aromatic nitrogens is 4. The van der Waals surface area contributed by atoms with Gasteiger partial charge in [-0.05, 0) is 6.42 Å². The molecule has 0 unspecified atom stereocenters. The van der Waals surface area contributed by atoms with Crippen LogP contribution in [0.3, 0.4) is 0 Å². The zero-order valence-electron chi connectivity index (χ0n) is 11.9. The van der Waals surface area contributed by atoms with Gasteiger partial charge in [0.2, 0.25) is 0 Å². The number of hydrogen-bond donors (Lipinski definition) is 1. The Morgan fingerprint density at radius 2 is 2.05 bits per heavy atom. The van der Waals surface area contributed by atoms with E-state index < -0.39 is 0 Å². The summed E-state index contributed by atoms with van der Waals surface area (Å²) in [6.45, 7) is 2.61. The van der Waals surface area contributed by atoms with Crippen molar-refractivity contribution >= 4 is 5.82 Å². The Morgan fingerprint density at radius 3 is 2.81 bits per heavy atom. The van der Waals surface area contributed by atoms with Crippen molar-refractivity contribution in [2.24, 2.45) is 0 Å². The number of benzene rings is 1. The number of hydrogen-bond acceptors (Lipinski definition) is 5. The fourth-order valence-electron chi connectivity index (χ4n) is 2.25. The summed E-state index contributed by atoms with van der Waals surface area (Å²) in [7, 11) is 0. The molecule has 6 heteroatoms. The summed E-state index contributed by atoms with van der Waals surface area (Å²) in [6.07, 6.45) is 1.84. The van der Waals surface area contributed by atoms with Crippen molar-refractivity contribution in [2.75, 3.05) is 5.73 Å². The topological polar surface area (TPSA) is 82.8 Å². The fourth-order valence-corrected chi connectivity index (χ4v) is 2.25. The first kappa shape index (κ1) is 13.4. The SMILES string of the molecule is CCCc1c(N)nnn1Cc1cc(-c2ccccc2)on1. The van der Waals surface area contributed by atoms with Gasteiger partial charge in [-0.1, -0.05) is 54.0 Å². The number of nitrogens with zero attached hydrogens (tertiary/aromatic N) is 4. The average molecular weight is 283 g/mol. The molecule has 0 atom stereocenters. The molecule has 21 heavy (non-hydrogen) atoms. The molecule has 2 N–H and O–H groups in total. The molecular weight excluding hydrogens is 266 g/mol. The Kier molecular flexibility index (Phi) is 3.68. The van der Waals surface area contributed by atoms with E-state index in [1.54, 1.807) is 4.68 Å². The third kappa shape index (κ3) is 2.79. The first-order valence-electron chi connectivity index (χ1n) is 6.96. The van der Waals surface area contributed by atoms with Gasteiger partial charge in [-0.2, -0.15) is 0 Å². The van der Waals surface area contributed by atoms with E-state index in [1.807, 2.05) is 36.4 Å². The second-order valence-corrected chi connectivity index (χ2v) is 4.88. The number of anilines is 1. The van der Waals surface area contributed by atoms with Gasteiger partial charge >= 0.3 is 0 Å². The van der Waals surface area contributed by atoms with Gasteiger partial charge in [-0.15, -0.1) is 5.10 Å². The quantitative estimate of drug-likeness (QED) is 0.778. The molecule has 0 radical (unpaired) electrons. The van der Waals surface area contributed by atoms with E-state index in [9.17, 15) is 0 Å². The first-order valence-corrected chi connectivity index (χ1v) is 6.96. The van der Waals surface area contributed by atoms with Crippen molar-refractivity contribution in [3.05, 3.63) is 47.8 Å². The van der Waals surface area contributed by atoms with Crippen molar-refractivity contribution in [3.8, 4) is 11.3 Å². The smallest absolute Gasteiger partial charge is 0.169 e. The molecule has 1 aromatic carbocycles. The van der Waals surface area contributed by atoms with Crippen LogP contribution in [0.4, 0.5) is 5.82 Å². The highest BCUT2D eigenvalue weighted by Gasteiger charge is 2.12. The van der Waals surface area contributed by atoms with Crippen LogP contribution in [-0.2, 0) is 13.0 Å². The molecule has 0 fully saturated rings. The average Bonchev–Trinajstić information content (AvgIpc) is 3.11. The third-order valence-corrected chi connectivity index (χ3v) is 3.28. The molecular formula is C15H17N5O. The van der Waals surface area contributed by atoms with E-state index in [0.29, 0.717) is 12.4 Å². The molecule has 2 aromatic heterocycles. The standard InChI is InChI=1S/C15H17N5O/c1-2-6-13-15(16)17-19-20(13)10-12-9-14(21-18-12)11-7-4-3-5-8-11/h3-5,7-9H,2,6,10,16H2,1H3. The van der Waals surface area contributed by atoms with Crippen LogP contribution >= 0.6 is 0 Å². The van der Waals surface area contributed by atoms with Crippen LogP contribution < -0.4 is 5.73 Å². The lowest BCUT2D eigenvalue weighted by Gasteiger charge is -2.02. The van der Waals surface area contributed by atoms with Crippen LogP contribution in [0.1, 0.15) is 24.7 Å². The van der Waals surface area contributed by atoms with Gasteiger partial charge < -0.3 is 10.3 Å². The number of nitrogen functional groups attached to an aromatic ring is 1. The second kappa shape index (κ2) is 5.78. The lowest BCUT2D eigenvalue weighted by Crippen LogP contribution is -2.07. The predicted molar refractivity (Wildman–Crippen MR) is 79.5 cm³/mol. The highest BCUT2D eigenvalue weighted by atomic mass is 16.5. The third-order valence-electron chi connectivity index (χ3n) is 3.28. The van der Waals surface area contributed by atoms with Crippen molar-refractivity contribution in [1.82, 2.24) is 20.2 Å². The van der Waals surface area contributed by atoms with E-state index in [0.717, 1.165) is 35.6 Å². The minimum absolute atomic E-state index is 0.489. The molecule has 0 aliphatic heterocycles. The molecule has 0 spiro atoms. The summed E-state index contributed by atoms with van der Waals surface area (Å²) in [5.74, 6) is 1.24. The summed E-state index contributed by atoms with van der Waals surface area (Å²) < 4.78 is 7.17. The summed E-state index contributed by atoms with van der Waals surface area (Å²) in [6, 6.07) is 11.8. The van der Waals surface area contributed by atoms with Crippen LogP contribution in [-0.4, -0.2) is 20.2 Å². The molecule has 0 aliphatic rings. The zero-order chi connectivity index (χ0) is 14.7. The van der Waals surface area contributed by atoms with Gasteiger partial charge in [-0.3, -0.25) is 0 Å². The Labute approximate surface area is 122 Å². The lowest BCUT2D eigenvalue weighted by molar-refractivity contribution is 0.418. The highest BCUT2D eigenvalue weighted by molar-refractivity contribution is 5.56. The van der Waals surface area contributed by atoms with Gasteiger partial charge in [-0.25, -0.2) is 4.68 Å². The maximum absolute atomic E-state index is 5.84. The molecule has 0 aliphatic carbocycles. The van der Waals surface area contributed by atoms with Crippen LogP contribution in [0.15, 0.2) is 40.9 Å². The first-order chi connectivity index (χ1) is 10.3. The van der Waals surface area contributed by atoms with Crippen LogP contribution in [0, 0.1) is 0 Å². The Balaban J connectivity index is 1.82. The van der Waals surface area contributed by atoms with Crippen molar-refractivity contribution < 1.29 is 4.52 Å². The monoisotopic (exact) mass is 283 g/mol. The minimum Gasteiger partial charge on any atom is -0.381 e. The van der Waals surface area contributed by atoms with Crippen LogP contribution in [0.25, 0.3) is 11.3 Å². The van der Waals surface area contributed by atoms with Gasteiger partial charge in [0.25, 0.3) is 0 Å². The molecule has 3 rings (SSSR count). The Hall–Kier alpha value is -2.63. The van der Waals surface area contributed by atoms with E-state index >= 15 is 0 Å². The van der Waals surface area contributed by atoms with Gasteiger partial charge in [0.1, 0.15) is 5.69 Å². The maximum atomic E-state index is 5.84. The molecule has 2 heterocycles. The van der Waals surface area contributed by atoms with E-state index in [4.69, 9.17) is 10.3 Å². The molecule has 0 amide bonds. The summed E-state index contributed by atoms with van der Waals surface area (Å²) in [4.78, 5) is 0. The normalized spacial score (nSPS) is 10.9. The van der Waals surface area contributed by atoms with Crippen LogP contribution in [0.5, 0.6) is 0 Å². The maximum Gasteiger partial charge on any atom is 0.169 e. The number of nitrogens with two attached hydrogens (primary N) is 1. The lowest BCUT2D eigenvalue weighted by atomic mass is 10.1. The number of rotatable bonds is 5. The van der Waals surface area contributed by atoms with Crippen LogP contribution in [0.2, 0.25) is 0 Å². The van der Waals surface area contributed by atoms with E-state index in [-0.39, 0.29) is 0 Å². The fraction of sp³-hybridized carbons (Fsp3) is 0.267. The van der Waals surface area contributed by atoms with E-state index in [2.05, 4.69) is 22.4 Å². The van der Waals surface area contributed by atoms with Gasteiger partial charge in [0.05, 0.1) is 12.2 Å². The molecule has 6 nitrogen and oxygen atoms in total. The highest BCUT2D eigenvalue weighted by Crippen LogP contribution is 2.20. The summed E-state index contributed by atoms with van der Waals surface area (Å²) in [5.41, 5.74) is 8.59. The summed E-state index contributed by atoms with van der Waals surface area (Å²) >= 11 is 0. The molecule has 0 saturated heterocycles. The van der Waals surface area contributed by atoms with Crippen molar-refractivity contribution in [3.63, 3.8) is 0 Å². The molecule has 3 aromatic rings. The van der Waals surface area contributed by atoms with Crippen molar-refractivity contribution in [1.29, 1.82) is 0 Å². The summed E-state index contributed by atoms with van der Waals surface area (Å²) in [5, 5.41) is 12.1. The van der Waals surface area contributed by atoms with Crippen molar-refractivity contribution in [2.45, 2.75) is 26.3 Å². The molecule has 0 saturated carbocycles. The molecule has 108 valence electrons. The van der Waals surface area contributed by atoms with Gasteiger partial charge in [0.15, 0.2) is 11.6 Å². The predicted octanol–water partition coefficient (Wildman–Crippen LogP) is 2.52. The Morgan fingerprint density at radius 1 is 1.24 bits per heavy atom. The largest absolute Gasteiger partial charge is 0.381 e.